The molecule has 0 saturated heterocycles. The summed E-state index contributed by atoms with van der Waals surface area (Å²) in [6.45, 7) is 5.85. The van der Waals surface area contributed by atoms with Crippen molar-refractivity contribution in [3.05, 3.63) is 35.2 Å². The Labute approximate surface area is 115 Å². The number of rotatable bonds is 4. The summed E-state index contributed by atoms with van der Waals surface area (Å²) >= 11 is 1.12. The molecule has 0 aliphatic heterocycles. The van der Waals surface area contributed by atoms with E-state index in [0.717, 1.165) is 17.1 Å². The van der Waals surface area contributed by atoms with Gasteiger partial charge in [0.05, 0.1) is 0 Å². The molecule has 1 aromatic carbocycles. The summed E-state index contributed by atoms with van der Waals surface area (Å²) in [4.78, 5) is 15.4. The van der Waals surface area contributed by atoms with E-state index < -0.39 is 5.97 Å². The van der Waals surface area contributed by atoms with Crippen LogP contribution in [0.2, 0.25) is 0 Å². The summed E-state index contributed by atoms with van der Waals surface area (Å²) in [5.74, 6) is 0.178. The number of benzene rings is 1. The summed E-state index contributed by atoms with van der Waals surface area (Å²) in [6.07, 6.45) is 0. The van der Waals surface area contributed by atoms with Crippen LogP contribution in [0.25, 0.3) is 0 Å². The van der Waals surface area contributed by atoms with E-state index in [1.165, 1.54) is 6.07 Å². The van der Waals surface area contributed by atoms with E-state index in [9.17, 15) is 4.79 Å². The minimum Gasteiger partial charge on any atom is -0.478 e. The molecule has 0 unspecified atom stereocenters. The average Bonchev–Trinajstić information content (AvgIpc) is 2.77. The summed E-state index contributed by atoms with van der Waals surface area (Å²) < 4.78 is 9.71. The number of nitrogens with zero attached hydrogens (tertiary/aromatic N) is 2. The quantitative estimate of drug-likeness (QED) is 0.927. The van der Waals surface area contributed by atoms with E-state index in [4.69, 9.17) is 9.84 Å². The molecule has 0 aliphatic rings. The van der Waals surface area contributed by atoms with E-state index in [-0.39, 0.29) is 11.5 Å². The lowest BCUT2D eigenvalue weighted by atomic mass is 10.1. The van der Waals surface area contributed by atoms with Gasteiger partial charge in [0.25, 0.3) is 5.19 Å². The first-order valence-electron chi connectivity index (χ1n) is 5.82. The second kappa shape index (κ2) is 5.36. The standard InChI is InChI=1S/C13H14N2O3S/c1-7(2)11-14-13(19-15-11)18-10-6-8(3)4-5-9(10)12(16)17/h4-7H,1-3H3,(H,16,17). The highest BCUT2D eigenvalue weighted by Gasteiger charge is 2.15. The Morgan fingerprint density at radius 3 is 2.74 bits per heavy atom. The van der Waals surface area contributed by atoms with Gasteiger partial charge in [-0.3, -0.25) is 0 Å². The summed E-state index contributed by atoms with van der Waals surface area (Å²) in [5, 5.41) is 9.47. The van der Waals surface area contributed by atoms with Crippen molar-refractivity contribution in [2.45, 2.75) is 26.7 Å². The number of hydrogen-bond donors (Lipinski definition) is 1. The van der Waals surface area contributed by atoms with Gasteiger partial charge in [-0.1, -0.05) is 19.9 Å². The van der Waals surface area contributed by atoms with Gasteiger partial charge in [0.2, 0.25) is 0 Å². The predicted octanol–water partition coefficient (Wildman–Crippen LogP) is 3.46. The van der Waals surface area contributed by atoms with Crippen LogP contribution in [0.4, 0.5) is 0 Å². The minimum atomic E-state index is -1.02. The SMILES string of the molecule is Cc1ccc(C(=O)O)c(Oc2nc(C(C)C)ns2)c1. The Morgan fingerprint density at radius 1 is 1.42 bits per heavy atom. The van der Waals surface area contributed by atoms with Gasteiger partial charge in [0.1, 0.15) is 17.1 Å². The fraction of sp³-hybridized carbons (Fsp3) is 0.308. The van der Waals surface area contributed by atoms with Crippen LogP contribution in [-0.4, -0.2) is 20.4 Å². The molecule has 19 heavy (non-hydrogen) atoms. The molecule has 5 nitrogen and oxygen atoms in total. The third-order valence-corrected chi connectivity index (χ3v) is 3.11. The van der Waals surface area contributed by atoms with Crippen LogP contribution < -0.4 is 4.74 Å². The van der Waals surface area contributed by atoms with Gasteiger partial charge >= 0.3 is 5.97 Å². The molecule has 100 valence electrons. The van der Waals surface area contributed by atoms with Crippen molar-refractivity contribution in [3.8, 4) is 10.9 Å². The fourth-order valence-corrected chi connectivity index (χ4v) is 2.17. The molecule has 1 N–H and O–H groups in total. The molecule has 0 amide bonds. The van der Waals surface area contributed by atoms with Crippen molar-refractivity contribution in [1.29, 1.82) is 0 Å². The lowest BCUT2D eigenvalue weighted by molar-refractivity contribution is 0.0694. The predicted molar refractivity (Wildman–Crippen MR) is 72.2 cm³/mol. The molecule has 0 saturated carbocycles. The monoisotopic (exact) mass is 278 g/mol. The van der Waals surface area contributed by atoms with Crippen LogP contribution in [0.1, 0.15) is 41.5 Å². The molecule has 0 bridgehead atoms. The van der Waals surface area contributed by atoms with Crippen LogP contribution in [0.3, 0.4) is 0 Å². The topological polar surface area (TPSA) is 72.3 Å². The molecule has 0 spiro atoms. The molecule has 2 aromatic rings. The first kappa shape index (κ1) is 13.5. The van der Waals surface area contributed by atoms with Crippen LogP contribution >= 0.6 is 11.5 Å². The Bertz CT molecular complexity index is 608. The number of ether oxygens (including phenoxy) is 1. The van der Waals surface area contributed by atoms with Crippen molar-refractivity contribution in [1.82, 2.24) is 9.36 Å². The third kappa shape index (κ3) is 3.08. The van der Waals surface area contributed by atoms with Crippen molar-refractivity contribution in [2.24, 2.45) is 0 Å². The Morgan fingerprint density at radius 2 is 2.16 bits per heavy atom. The first-order valence-corrected chi connectivity index (χ1v) is 6.60. The van der Waals surface area contributed by atoms with Crippen molar-refractivity contribution in [2.75, 3.05) is 0 Å². The van der Waals surface area contributed by atoms with E-state index in [0.29, 0.717) is 16.8 Å². The van der Waals surface area contributed by atoms with Gasteiger partial charge in [-0.05, 0) is 24.6 Å². The molecule has 0 fully saturated rings. The highest BCUT2D eigenvalue weighted by atomic mass is 32.1. The number of hydrogen-bond acceptors (Lipinski definition) is 5. The zero-order valence-electron chi connectivity index (χ0n) is 10.9. The van der Waals surface area contributed by atoms with Gasteiger partial charge in [0, 0.05) is 17.5 Å². The number of carboxylic acids is 1. The number of carboxylic acid groups (broad SMARTS) is 1. The molecule has 0 aliphatic carbocycles. The summed E-state index contributed by atoms with van der Waals surface area (Å²) in [5.41, 5.74) is 1.04. The van der Waals surface area contributed by atoms with Crippen LogP contribution in [0, 0.1) is 6.92 Å². The molecule has 1 heterocycles. The van der Waals surface area contributed by atoms with E-state index in [1.807, 2.05) is 20.8 Å². The van der Waals surface area contributed by atoms with Crippen LogP contribution in [0.15, 0.2) is 18.2 Å². The average molecular weight is 278 g/mol. The zero-order chi connectivity index (χ0) is 14.0. The second-order valence-electron chi connectivity index (χ2n) is 4.48. The van der Waals surface area contributed by atoms with Crippen molar-refractivity contribution in [3.63, 3.8) is 0 Å². The molecule has 0 radical (unpaired) electrons. The smallest absolute Gasteiger partial charge is 0.339 e. The molecular weight excluding hydrogens is 264 g/mol. The van der Waals surface area contributed by atoms with Crippen molar-refractivity contribution < 1.29 is 14.6 Å². The highest BCUT2D eigenvalue weighted by Crippen LogP contribution is 2.29. The van der Waals surface area contributed by atoms with Gasteiger partial charge < -0.3 is 9.84 Å². The van der Waals surface area contributed by atoms with Gasteiger partial charge in [0.15, 0.2) is 0 Å². The van der Waals surface area contributed by atoms with Gasteiger partial charge in [-0.15, -0.1) is 0 Å². The molecular formula is C13H14N2O3S. The lowest BCUT2D eigenvalue weighted by Crippen LogP contribution is -2.00. The molecule has 1 aromatic heterocycles. The maximum Gasteiger partial charge on any atom is 0.339 e. The number of carbonyl (C=O) groups is 1. The number of aromatic carboxylic acids is 1. The van der Waals surface area contributed by atoms with E-state index >= 15 is 0 Å². The van der Waals surface area contributed by atoms with Gasteiger partial charge in [-0.25, -0.2) is 4.79 Å². The fourth-order valence-electron chi connectivity index (χ4n) is 1.48. The minimum absolute atomic E-state index is 0.117. The summed E-state index contributed by atoms with van der Waals surface area (Å²) in [7, 11) is 0. The largest absolute Gasteiger partial charge is 0.478 e. The third-order valence-electron chi connectivity index (χ3n) is 2.50. The highest BCUT2D eigenvalue weighted by molar-refractivity contribution is 7.07. The van der Waals surface area contributed by atoms with Crippen molar-refractivity contribution >= 4 is 17.5 Å². The van der Waals surface area contributed by atoms with Crippen LogP contribution in [-0.2, 0) is 0 Å². The normalized spacial score (nSPS) is 10.7. The number of aromatic nitrogens is 2. The zero-order valence-corrected chi connectivity index (χ0v) is 11.7. The van der Waals surface area contributed by atoms with Gasteiger partial charge in [-0.2, -0.15) is 9.36 Å². The lowest BCUT2D eigenvalue weighted by Gasteiger charge is -2.06. The van der Waals surface area contributed by atoms with Crippen LogP contribution in [0.5, 0.6) is 10.9 Å². The molecule has 2 rings (SSSR count). The Kier molecular flexibility index (Phi) is 3.80. The molecule has 0 atom stereocenters. The van der Waals surface area contributed by atoms with E-state index in [2.05, 4.69) is 9.36 Å². The number of aryl methyl sites for hydroxylation is 1. The Balaban J connectivity index is 2.31. The Hall–Kier alpha value is -1.95. The van der Waals surface area contributed by atoms with E-state index in [1.54, 1.807) is 12.1 Å². The maximum absolute atomic E-state index is 11.1. The maximum atomic E-state index is 11.1. The second-order valence-corrected chi connectivity index (χ2v) is 5.19. The molecule has 6 heteroatoms. The first-order chi connectivity index (χ1) is 8.97. The summed E-state index contributed by atoms with van der Waals surface area (Å²) in [6, 6.07) is 4.94.